The summed E-state index contributed by atoms with van der Waals surface area (Å²) >= 11 is 0. The maximum atomic E-state index is 14.1. The lowest BCUT2D eigenvalue weighted by Crippen LogP contribution is -2.65. The number of aromatic hydroxyl groups is 6. The van der Waals surface area contributed by atoms with Crippen molar-refractivity contribution >= 4 is 23.0 Å². The maximum absolute atomic E-state index is 14.1. The van der Waals surface area contributed by atoms with E-state index in [0.29, 0.717) is 0 Å². The van der Waals surface area contributed by atoms with E-state index in [1.807, 2.05) is 0 Å². The van der Waals surface area contributed by atoms with Gasteiger partial charge in [-0.15, -0.1) is 0 Å². The first-order valence-electron chi connectivity index (χ1n) is 16.6. The van der Waals surface area contributed by atoms with E-state index >= 15 is 0 Å². The second-order valence-corrected chi connectivity index (χ2v) is 12.8. The third-order valence-corrected chi connectivity index (χ3v) is 8.97. The smallest absolute Gasteiger partial charge is 0.330 e. The summed E-state index contributed by atoms with van der Waals surface area (Å²) in [7, 11) is 0. The van der Waals surface area contributed by atoms with E-state index in [-0.39, 0.29) is 16.7 Å². The van der Waals surface area contributed by atoms with Crippen molar-refractivity contribution in [3.05, 3.63) is 70.4 Å². The van der Waals surface area contributed by atoms with Crippen molar-refractivity contribution in [3.8, 4) is 51.6 Å². The Bertz CT molecular complexity index is 2160. The van der Waals surface area contributed by atoms with Crippen LogP contribution in [0.4, 0.5) is 0 Å². The highest BCUT2D eigenvalue weighted by Crippen LogP contribution is 2.40. The maximum Gasteiger partial charge on any atom is 0.330 e. The molecule has 0 spiro atoms. The molecule has 2 saturated heterocycles. The van der Waals surface area contributed by atoms with Crippen LogP contribution in [-0.2, 0) is 23.7 Å². The second-order valence-electron chi connectivity index (χ2n) is 12.8. The lowest BCUT2D eigenvalue weighted by atomic mass is 9.97. The van der Waals surface area contributed by atoms with E-state index in [2.05, 4.69) is 0 Å². The van der Waals surface area contributed by atoms with Crippen LogP contribution in [0.2, 0.25) is 0 Å². The molecule has 0 saturated carbocycles. The van der Waals surface area contributed by atoms with E-state index in [0.717, 1.165) is 36.4 Å². The molecule has 6 rings (SSSR count). The molecule has 10 atom stereocenters. The lowest BCUT2D eigenvalue weighted by Gasteiger charge is -2.45. The Morgan fingerprint density at radius 2 is 1.38 bits per heavy atom. The Balaban J connectivity index is 1.37. The lowest BCUT2D eigenvalue weighted by molar-refractivity contribution is -0.358. The highest BCUT2D eigenvalue weighted by Gasteiger charge is 2.52. The molecule has 0 amide bonds. The monoisotopic (exact) mass is 788 g/mol. The van der Waals surface area contributed by atoms with Crippen LogP contribution in [0.25, 0.3) is 28.4 Å². The summed E-state index contributed by atoms with van der Waals surface area (Å²) in [5.74, 6) is -5.71. The van der Waals surface area contributed by atoms with Gasteiger partial charge in [0.15, 0.2) is 41.2 Å². The topological polar surface area (TPSA) is 336 Å². The molecule has 3 heterocycles. The van der Waals surface area contributed by atoms with Crippen LogP contribution in [0.1, 0.15) is 5.56 Å². The number of hydrogen-bond donors (Lipinski definition) is 12. The predicted octanol–water partition coefficient (Wildman–Crippen LogP) is -1.04. The number of fused-ring (bicyclic) bond motifs is 1. The zero-order valence-electron chi connectivity index (χ0n) is 28.6. The number of aliphatic hydroxyl groups excluding tert-OH is 6. The number of benzene rings is 3. The fourth-order valence-electron chi connectivity index (χ4n) is 5.98. The second kappa shape index (κ2) is 16.2. The molecular weight excluding hydrogens is 752 g/mol. The normalized spacial score (nSPS) is 28.0. The summed E-state index contributed by atoms with van der Waals surface area (Å²) < 4.78 is 34.0. The van der Waals surface area contributed by atoms with E-state index in [9.17, 15) is 70.9 Å². The van der Waals surface area contributed by atoms with E-state index in [1.54, 1.807) is 0 Å². The van der Waals surface area contributed by atoms with E-state index in [4.69, 9.17) is 28.1 Å². The fourth-order valence-corrected chi connectivity index (χ4v) is 5.98. The Labute approximate surface area is 313 Å². The molecule has 0 radical (unpaired) electrons. The van der Waals surface area contributed by atoms with Crippen molar-refractivity contribution in [2.45, 2.75) is 61.4 Å². The molecule has 12 N–H and O–H groups in total. The number of phenols is 6. The van der Waals surface area contributed by atoms with Crippen LogP contribution in [0.15, 0.2) is 63.8 Å². The van der Waals surface area contributed by atoms with Crippen LogP contribution in [0, 0.1) is 0 Å². The van der Waals surface area contributed by atoms with Gasteiger partial charge in [-0.1, -0.05) is 6.07 Å². The molecule has 4 aromatic rings. The summed E-state index contributed by atoms with van der Waals surface area (Å²) in [5, 5.41) is 123. The molecule has 3 aromatic carbocycles. The molecule has 2 aliphatic rings. The number of hydrogen-bond acceptors (Lipinski definition) is 20. The van der Waals surface area contributed by atoms with Crippen LogP contribution in [0.3, 0.4) is 0 Å². The van der Waals surface area contributed by atoms with E-state index in [1.165, 1.54) is 24.3 Å². The van der Waals surface area contributed by atoms with Gasteiger partial charge >= 0.3 is 5.97 Å². The van der Waals surface area contributed by atoms with Crippen molar-refractivity contribution in [1.82, 2.24) is 0 Å². The number of esters is 1. The Hall–Kier alpha value is -5.68. The first-order valence-corrected chi connectivity index (χ1v) is 16.6. The zero-order chi connectivity index (χ0) is 40.6. The predicted molar refractivity (Wildman–Crippen MR) is 184 cm³/mol. The standard InChI is InChI=1S/C36H36O20/c37-11-22-26(45)29(48)31(50)35(53-22)56-34-30(49)27(46)23(12-51-24(44)6-2-13-1-4-16(39)18(41)7-13)54-36(34)55-33-28(47)25-20(43)9-15(38)10-21(25)52-32(33)14-3-5-17(40)19(42)8-14/h1-10,22-23,26-27,29-31,34-43,45-46,48-50H,11-12H2/b6-2+/t22-,23-,26-,27-,29+,30+,31-,34-,35?,36?/m1/s1. The van der Waals surface area contributed by atoms with Crippen molar-refractivity contribution in [2.24, 2.45) is 0 Å². The number of carbonyl (C=O) groups is 1. The average Bonchev–Trinajstić information content (AvgIpc) is 3.16. The summed E-state index contributed by atoms with van der Waals surface area (Å²) in [6, 6.07) is 8.69. The van der Waals surface area contributed by atoms with Crippen LogP contribution >= 0.6 is 0 Å². The van der Waals surface area contributed by atoms with Gasteiger partial charge < -0.3 is 89.4 Å². The van der Waals surface area contributed by atoms with Gasteiger partial charge in [0.2, 0.25) is 17.5 Å². The summed E-state index contributed by atoms with van der Waals surface area (Å²) in [6.07, 6.45) is -16.9. The highest BCUT2D eigenvalue weighted by molar-refractivity contribution is 5.88. The van der Waals surface area contributed by atoms with Gasteiger partial charge in [-0.05, 0) is 42.0 Å². The average molecular weight is 789 g/mol. The zero-order valence-corrected chi connectivity index (χ0v) is 28.6. The number of ether oxygens (including phenoxy) is 5. The van der Waals surface area contributed by atoms with Gasteiger partial charge in [0.05, 0.1) is 6.61 Å². The molecule has 2 unspecified atom stereocenters. The van der Waals surface area contributed by atoms with Crippen LogP contribution in [-0.4, -0.2) is 142 Å². The largest absolute Gasteiger partial charge is 0.508 e. The van der Waals surface area contributed by atoms with Crippen molar-refractivity contribution in [2.75, 3.05) is 13.2 Å². The molecule has 20 heteroatoms. The number of rotatable bonds is 10. The highest BCUT2D eigenvalue weighted by atomic mass is 16.8. The molecule has 20 nitrogen and oxygen atoms in total. The molecule has 2 aliphatic heterocycles. The summed E-state index contributed by atoms with van der Waals surface area (Å²) in [6.45, 7) is -1.66. The Morgan fingerprint density at radius 3 is 2.05 bits per heavy atom. The van der Waals surface area contributed by atoms with Gasteiger partial charge in [0.1, 0.15) is 71.8 Å². The third-order valence-electron chi connectivity index (χ3n) is 8.97. The van der Waals surface area contributed by atoms with Crippen molar-refractivity contribution in [3.63, 3.8) is 0 Å². The summed E-state index contributed by atoms with van der Waals surface area (Å²) in [4.78, 5) is 26.7. The van der Waals surface area contributed by atoms with Crippen LogP contribution in [0.5, 0.6) is 40.2 Å². The minimum atomic E-state index is -2.11. The Kier molecular flexibility index (Phi) is 11.6. The molecule has 56 heavy (non-hydrogen) atoms. The molecule has 1 aromatic heterocycles. The summed E-state index contributed by atoms with van der Waals surface area (Å²) in [5.41, 5.74) is -1.34. The number of carbonyl (C=O) groups excluding carboxylic acids is 1. The first kappa shape index (κ1) is 40.0. The van der Waals surface area contributed by atoms with Gasteiger partial charge in [-0.3, -0.25) is 4.79 Å². The molecular formula is C36H36O20. The third kappa shape index (κ3) is 8.00. The minimum absolute atomic E-state index is 0.126. The first-order chi connectivity index (χ1) is 26.6. The van der Waals surface area contributed by atoms with Gasteiger partial charge in [-0.2, -0.15) is 0 Å². The Morgan fingerprint density at radius 1 is 0.714 bits per heavy atom. The van der Waals surface area contributed by atoms with E-state index < -0.39 is 137 Å². The number of aliphatic hydroxyl groups is 6. The quantitative estimate of drug-likeness (QED) is 0.0519. The molecule has 0 aliphatic carbocycles. The van der Waals surface area contributed by atoms with Crippen molar-refractivity contribution in [1.29, 1.82) is 0 Å². The SMILES string of the molecule is O=C(/C=C/c1ccc(O)c(O)c1)OC[C@H]1OC(Oc2c(-c3ccc(O)c(O)c3)oc3cc(O)cc(O)c3c2=O)[C@H](OC2O[C@H](CO)[C@@H](O)[C@H](O)[C@H]2O)[C@@H](O)[C@@H]1O. The van der Waals surface area contributed by atoms with Gasteiger partial charge in [0.25, 0.3) is 0 Å². The van der Waals surface area contributed by atoms with Gasteiger partial charge in [-0.25, -0.2) is 4.79 Å². The van der Waals surface area contributed by atoms with Crippen LogP contribution < -0.4 is 10.2 Å². The molecule has 2 fully saturated rings. The van der Waals surface area contributed by atoms with Gasteiger partial charge in [0, 0.05) is 23.8 Å². The molecule has 0 bridgehead atoms. The fraction of sp³-hybridized carbons (Fsp3) is 0.333. The number of phenolic OH excluding ortho intramolecular Hbond substituents is 6. The van der Waals surface area contributed by atoms with Crippen molar-refractivity contribution < 1.29 is 94.2 Å². The molecule has 300 valence electrons. The minimum Gasteiger partial charge on any atom is -0.508 e.